The number of hydrogen-bond donors (Lipinski definition) is 1. The number of hydrogen-bond acceptors (Lipinski definition) is 1. The molecule has 0 aliphatic carbocycles. The molecule has 0 amide bonds. The van der Waals surface area contributed by atoms with Crippen molar-refractivity contribution in [3.05, 3.63) is 67.9 Å². The van der Waals surface area contributed by atoms with Gasteiger partial charge in [0.05, 0.1) is 4.47 Å². The monoisotopic (exact) mass is 421 g/mol. The highest BCUT2D eigenvalue weighted by Crippen LogP contribution is 2.30. The third-order valence-corrected chi connectivity index (χ3v) is 4.41. The molecule has 0 saturated heterocycles. The predicted molar refractivity (Wildman–Crippen MR) is 83.7 cm³/mol. The first-order valence-corrected chi connectivity index (χ1v) is 7.76. The van der Waals surface area contributed by atoms with Gasteiger partial charge in [-0.15, -0.1) is 0 Å². The van der Waals surface area contributed by atoms with Crippen molar-refractivity contribution in [2.75, 3.05) is 7.05 Å². The van der Waals surface area contributed by atoms with E-state index in [-0.39, 0.29) is 16.3 Å². The first-order valence-electron chi connectivity index (χ1n) is 6.18. The van der Waals surface area contributed by atoms with Crippen molar-refractivity contribution in [2.45, 2.75) is 12.5 Å². The summed E-state index contributed by atoms with van der Waals surface area (Å²) in [4.78, 5) is 0. The van der Waals surface area contributed by atoms with Gasteiger partial charge >= 0.3 is 0 Å². The van der Waals surface area contributed by atoms with Gasteiger partial charge in [-0.05, 0) is 64.8 Å². The molecule has 1 atom stereocenters. The fourth-order valence-electron chi connectivity index (χ4n) is 2.14. The lowest BCUT2D eigenvalue weighted by molar-refractivity contribution is 0.495. The van der Waals surface area contributed by atoms with Crippen LogP contribution in [0.4, 0.5) is 13.2 Å². The molecule has 0 aliphatic heterocycles. The number of halogens is 5. The first kappa shape index (κ1) is 16.5. The average molecular weight is 423 g/mol. The van der Waals surface area contributed by atoms with Crippen molar-refractivity contribution >= 4 is 31.9 Å². The van der Waals surface area contributed by atoms with Gasteiger partial charge in [0.15, 0.2) is 11.6 Å². The fourth-order valence-corrected chi connectivity index (χ4v) is 3.25. The zero-order chi connectivity index (χ0) is 15.6. The van der Waals surface area contributed by atoms with E-state index in [4.69, 9.17) is 0 Å². The molecule has 0 heterocycles. The van der Waals surface area contributed by atoms with E-state index in [0.29, 0.717) is 16.5 Å². The molecule has 2 rings (SSSR count). The number of rotatable bonds is 4. The van der Waals surface area contributed by atoms with E-state index in [1.54, 1.807) is 13.1 Å². The van der Waals surface area contributed by atoms with E-state index in [9.17, 15) is 13.2 Å². The normalized spacial score (nSPS) is 12.5. The molecule has 0 bridgehead atoms. The summed E-state index contributed by atoms with van der Waals surface area (Å²) in [5, 5.41) is 3.04. The summed E-state index contributed by atoms with van der Waals surface area (Å²) < 4.78 is 40.9. The van der Waals surface area contributed by atoms with Crippen LogP contribution in [0.2, 0.25) is 0 Å². The van der Waals surface area contributed by atoms with E-state index in [0.717, 1.165) is 11.6 Å². The summed E-state index contributed by atoms with van der Waals surface area (Å²) in [6.45, 7) is 0. The summed E-state index contributed by atoms with van der Waals surface area (Å²) in [5.74, 6) is -2.18. The minimum atomic E-state index is -0.923. The molecule has 2 aromatic carbocycles. The Labute approximate surface area is 137 Å². The van der Waals surface area contributed by atoms with E-state index >= 15 is 0 Å². The molecule has 1 unspecified atom stereocenters. The molecule has 21 heavy (non-hydrogen) atoms. The lowest BCUT2D eigenvalue weighted by atomic mass is 9.98. The van der Waals surface area contributed by atoms with Crippen LogP contribution in [0.5, 0.6) is 0 Å². The van der Waals surface area contributed by atoms with E-state index in [1.807, 2.05) is 0 Å². The summed E-state index contributed by atoms with van der Waals surface area (Å²) in [6.07, 6.45) is 0.441. The highest BCUT2D eigenvalue weighted by Gasteiger charge is 2.18. The molecule has 2 aromatic rings. The number of likely N-dealkylation sites (N-methyl/N-ethyl adjacent to an activating group) is 1. The van der Waals surface area contributed by atoms with Crippen molar-refractivity contribution < 1.29 is 13.2 Å². The Morgan fingerprint density at radius 2 is 1.81 bits per heavy atom. The van der Waals surface area contributed by atoms with Gasteiger partial charge in [-0.3, -0.25) is 0 Å². The standard InChI is InChI=1S/C15H12Br2F3N/c1-21-13(6-8-4-9(16)7-10(18)5-8)11-2-3-12(19)15(20)14(11)17/h2-5,7,13,21H,6H2,1H3. The van der Waals surface area contributed by atoms with Crippen LogP contribution in [0.1, 0.15) is 17.2 Å². The minimum absolute atomic E-state index is 0.0809. The van der Waals surface area contributed by atoms with Crippen molar-refractivity contribution in [3.63, 3.8) is 0 Å². The van der Waals surface area contributed by atoms with Gasteiger partial charge in [-0.1, -0.05) is 22.0 Å². The second-order valence-corrected chi connectivity index (χ2v) is 6.30. The van der Waals surface area contributed by atoms with E-state index in [2.05, 4.69) is 37.2 Å². The van der Waals surface area contributed by atoms with Crippen LogP contribution in [0, 0.1) is 17.5 Å². The van der Waals surface area contributed by atoms with Gasteiger partial charge in [-0.25, -0.2) is 13.2 Å². The van der Waals surface area contributed by atoms with E-state index < -0.39 is 11.6 Å². The topological polar surface area (TPSA) is 12.0 Å². The Morgan fingerprint density at radius 1 is 1.10 bits per heavy atom. The van der Waals surface area contributed by atoms with Crippen LogP contribution in [0.15, 0.2) is 39.3 Å². The van der Waals surface area contributed by atoms with Gasteiger partial charge in [0, 0.05) is 10.5 Å². The lowest BCUT2D eigenvalue weighted by Crippen LogP contribution is -2.20. The maximum Gasteiger partial charge on any atom is 0.173 e. The Bertz CT molecular complexity index is 641. The Balaban J connectivity index is 2.34. The van der Waals surface area contributed by atoms with Crippen LogP contribution in [-0.2, 0) is 6.42 Å². The number of benzene rings is 2. The quantitative estimate of drug-likeness (QED) is 0.673. The maximum absolute atomic E-state index is 13.6. The molecule has 0 radical (unpaired) electrons. The maximum atomic E-state index is 13.6. The second kappa shape index (κ2) is 6.94. The fraction of sp³-hybridized carbons (Fsp3) is 0.200. The molecule has 0 saturated carbocycles. The first-order chi connectivity index (χ1) is 9.92. The van der Waals surface area contributed by atoms with Crippen molar-refractivity contribution in [3.8, 4) is 0 Å². The molecule has 1 nitrogen and oxygen atoms in total. The summed E-state index contributed by atoms with van der Waals surface area (Å²) in [6, 6.07) is 6.90. The zero-order valence-corrected chi connectivity index (χ0v) is 14.2. The molecule has 6 heteroatoms. The third-order valence-electron chi connectivity index (χ3n) is 3.15. The van der Waals surface area contributed by atoms with Gasteiger partial charge < -0.3 is 5.32 Å². The van der Waals surface area contributed by atoms with Gasteiger partial charge in [-0.2, -0.15) is 0 Å². The highest BCUT2D eigenvalue weighted by molar-refractivity contribution is 9.10. The van der Waals surface area contributed by atoms with Crippen LogP contribution in [-0.4, -0.2) is 7.05 Å². The number of nitrogens with one attached hydrogen (secondary N) is 1. The summed E-state index contributed by atoms with van der Waals surface area (Å²) in [5.41, 5.74) is 1.33. The van der Waals surface area contributed by atoms with Gasteiger partial charge in [0.1, 0.15) is 5.82 Å². The molecular formula is C15H12Br2F3N. The molecule has 0 aromatic heterocycles. The van der Waals surface area contributed by atoms with Crippen molar-refractivity contribution in [1.82, 2.24) is 5.32 Å². The Morgan fingerprint density at radius 3 is 2.43 bits per heavy atom. The molecule has 112 valence electrons. The summed E-state index contributed by atoms with van der Waals surface area (Å²) in [7, 11) is 1.71. The van der Waals surface area contributed by atoms with Crippen molar-refractivity contribution in [1.29, 1.82) is 0 Å². The minimum Gasteiger partial charge on any atom is -0.313 e. The predicted octanol–water partition coefficient (Wildman–Crippen LogP) is 5.13. The highest BCUT2D eigenvalue weighted by atomic mass is 79.9. The average Bonchev–Trinajstić information content (AvgIpc) is 2.42. The van der Waals surface area contributed by atoms with Crippen LogP contribution in [0.3, 0.4) is 0 Å². The SMILES string of the molecule is CNC(Cc1cc(F)cc(Br)c1)c1ccc(F)c(F)c1Br. The van der Waals surface area contributed by atoms with Gasteiger partial charge in [0.25, 0.3) is 0 Å². The van der Waals surface area contributed by atoms with Gasteiger partial charge in [0.2, 0.25) is 0 Å². The van der Waals surface area contributed by atoms with Crippen molar-refractivity contribution in [2.24, 2.45) is 0 Å². The molecule has 0 aliphatic rings. The molecule has 0 fully saturated rings. The zero-order valence-electron chi connectivity index (χ0n) is 11.1. The molecule has 0 spiro atoms. The molecule has 1 N–H and O–H groups in total. The summed E-state index contributed by atoms with van der Waals surface area (Å²) >= 11 is 6.31. The van der Waals surface area contributed by atoms with E-state index in [1.165, 1.54) is 18.2 Å². The molecular weight excluding hydrogens is 411 g/mol. The Kier molecular flexibility index (Phi) is 5.46. The lowest BCUT2D eigenvalue weighted by Gasteiger charge is -2.19. The van der Waals surface area contributed by atoms with Crippen LogP contribution in [0.25, 0.3) is 0 Å². The van der Waals surface area contributed by atoms with Crippen LogP contribution >= 0.6 is 31.9 Å². The second-order valence-electron chi connectivity index (χ2n) is 4.59. The largest absolute Gasteiger partial charge is 0.313 e. The van der Waals surface area contributed by atoms with Crippen LogP contribution < -0.4 is 5.32 Å². The third kappa shape index (κ3) is 3.87. The smallest absolute Gasteiger partial charge is 0.173 e. The Hall–Kier alpha value is -0.850.